The molecular weight excluding hydrogens is 316 g/mol. The second-order valence-electron chi connectivity index (χ2n) is 7.83. The maximum absolute atomic E-state index is 11.0. The van der Waals surface area contributed by atoms with E-state index in [1.54, 1.807) is 10.9 Å². The summed E-state index contributed by atoms with van der Waals surface area (Å²) < 4.78 is 1.80. The highest BCUT2D eigenvalue weighted by atomic mass is 16.4. The predicted octanol–water partition coefficient (Wildman–Crippen LogP) is 3.11. The first-order valence-corrected chi connectivity index (χ1v) is 8.78. The summed E-state index contributed by atoms with van der Waals surface area (Å²) in [5, 5.41) is 13.3. The zero-order valence-corrected chi connectivity index (χ0v) is 15.1. The monoisotopic (exact) mass is 342 g/mol. The maximum Gasteiger partial charge on any atom is 0.338 e. The van der Waals surface area contributed by atoms with Gasteiger partial charge in [0.05, 0.1) is 23.5 Å². The number of carbonyl (C=O) groups is 1. The van der Waals surface area contributed by atoms with Crippen molar-refractivity contribution in [2.45, 2.75) is 51.6 Å². The second kappa shape index (κ2) is 6.96. The minimum Gasteiger partial charge on any atom is -0.478 e. The van der Waals surface area contributed by atoms with Crippen LogP contribution in [0.2, 0.25) is 0 Å². The second-order valence-corrected chi connectivity index (χ2v) is 7.83. The molecular formula is C19H26N4O2. The molecule has 25 heavy (non-hydrogen) atoms. The van der Waals surface area contributed by atoms with Crippen molar-refractivity contribution in [3.63, 3.8) is 0 Å². The highest BCUT2D eigenvalue weighted by Crippen LogP contribution is 2.25. The van der Waals surface area contributed by atoms with E-state index < -0.39 is 5.97 Å². The zero-order chi connectivity index (χ0) is 18.0. The Bertz CT molecular complexity index is 748. The van der Waals surface area contributed by atoms with Crippen molar-refractivity contribution in [3.8, 4) is 0 Å². The van der Waals surface area contributed by atoms with E-state index in [2.05, 4.69) is 47.9 Å². The van der Waals surface area contributed by atoms with Gasteiger partial charge < -0.3 is 5.11 Å². The van der Waals surface area contributed by atoms with Crippen molar-refractivity contribution in [1.82, 2.24) is 19.7 Å². The minimum atomic E-state index is -0.929. The van der Waals surface area contributed by atoms with Crippen LogP contribution >= 0.6 is 0 Å². The molecule has 0 radical (unpaired) electrons. The van der Waals surface area contributed by atoms with E-state index in [-0.39, 0.29) is 17.0 Å². The van der Waals surface area contributed by atoms with E-state index in [4.69, 9.17) is 5.11 Å². The van der Waals surface area contributed by atoms with Crippen molar-refractivity contribution in [3.05, 3.63) is 47.5 Å². The molecule has 0 amide bonds. The molecule has 134 valence electrons. The molecule has 1 atom stereocenters. The fourth-order valence-corrected chi connectivity index (χ4v) is 3.30. The third kappa shape index (κ3) is 4.25. The first-order chi connectivity index (χ1) is 11.8. The summed E-state index contributed by atoms with van der Waals surface area (Å²) in [5.41, 5.74) is 2.74. The van der Waals surface area contributed by atoms with Gasteiger partial charge in [-0.05, 0) is 42.5 Å². The van der Waals surface area contributed by atoms with Gasteiger partial charge in [-0.25, -0.2) is 4.79 Å². The number of likely N-dealkylation sites (tertiary alicyclic amines) is 1. The van der Waals surface area contributed by atoms with Gasteiger partial charge in [0.15, 0.2) is 0 Å². The number of carboxylic acid groups (broad SMARTS) is 1. The number of aromatic nitrogens is 3. The molecule has 3 rings (SSSR count). The zero-order valence-electron chi connectivity index (χ0n) is 15.1. The first kappa shape index (κ1) is 17.6. The smallest absolute Gasteiger partial charge is 0.338 e. The lowest BCUT2D eigenvalue weighted by Gasteiger charge is -2.32. The van der Waals surface area contributed by atoms with Gasteiger partial charge in [0, 0.05) is 25.5 Å². The SMILES string of the molecule is CC(C)(C)c1ccnc(CN2CCCC(n3cc(C(=O)O)cn3)C2)c1. The van der Waals surface area contributed by atoms with Gasteiger partial charge in [0.2, 0.25) is 0 Å². The number of pyridine rings is 1. The molecule has 0 aromatic carbocycles. The molecule has 0 spiro atoms. The standard InChI is InChI=1S/C19H26N4O2/c1-19(2,3)15-6-7-20-16(9-15)12-22-8-4-5-17(13-22)23-11-14(10-21-23)18(24)25/h6-7,9-11,17H,4-5,8,12-13H2,1-3H3,(H,24,25). The number of hydrogen-bond donors (Lipinski definition) is 1. The first-order valence-electron chi connectivity index (χ1n) is 8.78. The molecule has 1 unspecified atom stereocenters. The predicted molar refractivity (Wildman–Crippen MR) is 95.7 cm³/mol. The Labute approximate surface area is 148 Å². The molecule has 2 aromatic heterocycles. The van der Waals surface area contributed by atoms with E-state index >= 15 is 0 Å². The summed E-state index contributed by atoms with van der Waals surface area (Å²) in [7, 11) is 0. The Balaban J connectivity index is 1.68. The summed E-state index contributed by atoms with van der Waals surface area (Å²) in [4.78, 5) is 18.0. The number of piperidine rings is 1. The number of hydrogen-bond acceptors (Lipinski definition) is 4. The van der Waals surface area contributed by atoms with Crippen LogP contribution in [0.25, 0.3) is 0 Å². The molecule has 0 aliphatic carbocycles. The van der Waals surface area contributed by atoms with Crippen molar-refractivity contribution < 1.29 is 9.90 Å². The molecule has 1 aliphatic heterocycles. The van der Waals surface area contributed by atoms with Crippen LogP contribution in [-0.4, -0.2) is 43.8 Å². The van der Waals surface area contributed by atoms with Crippen LogP contribution < -0.4 is 0 Å². The largest absolute Gasteiger partial charge is 0.478 e. The molecule has 1 saturated heterocycles. The van der Waals surface area contributed by atoms with Gasteiger partial charge in [-0.15, -0.1) is 0 Å². The fourth-order valence-electron chi connectivity index (χ4n) is 3.30. The van der Waals surface area contributed by atoms with Crippen LogP contribution in [-0.2, 0) is 12.0 Å². The quantitative estimate of drug-likeness (QED) is 0.924. The Kier molecular flexibility index (Phi) is 4.90. The van der Waals surface area contributed by atoms with Gasteiger partial charge >= 0.3 is 5.97 Å². The average molecular weight is 342 g/mol. The number of carboxylic acids is 1. The molecule has 1 aliphatic rings. The van der Waals surface area contributed by atoms with E-state index in [1.807, 2.05) is 6.20 Å². The lowest BCUT2D eigenvalue weighted by molar-refractivity contribution is 0.0696. The lowest BCUT2D eigenvalue weighted by atomic mass is 9.87. The van der Waals surface area contributed by atoms with Gasteiger partial charge in [-0.2, -0.15) is 5.10 Å². The average Bonchev–Trinajstić information content (AvgIpc) is 3.05. The van der Waals surface area contributed by atoms with E-state index in [9.17, 15) is 4.79 Å². The maximum atomic E-state index is 11.0. The lowest BCUT2D eigenvalue weighted by Crippen LogP contribution is -2.36. The summed E-state index contributed by atoms with van der Waals surface area (Å²) in [6, 6.07) is 4.49. The van der Waals surface area contributed by atoms with Crippen LogP contribution in [0.4, 0.5) is 0 Å². The van der Waals surface area contributed by atoms with Crippen LogP contribution in [0, 0.1) is 0 Å². The Hall–Kier alpha value is -2.21. The van der Waals surface area contributed by atoms with E-state index in [0.29, 0.717) is 0 Å². The van der Waals surface area contributed by atoms with Gasteiger partial charge in [0.25, 0.3) is 0 Å². The Morgan fingerprint density at radius 3 is 2.88 bits per heavy atom. The molecule has 0 bridgehead atoms. The Morgan fingerprint density at radius 2 is 2.20 bits per heavy atom. The van der Waals surface area contributed by atoms with Crippen molar-refractivity contribution in [2.24, 2.45) is 0 Å². The van der Waals surface area contributed by atoms with Gasteiger partial charge in [-0.3, -0.25) is 14.6 Å². The molecule has 2 aromatic rings. The van der Waals surface area contributed by atoms with E-state index in [1.165, 1.54) is 11.8 Å². The third-order valence-corrected chi connectivity index (χ3v) is 4.77. The van der Waals surface area contributed by atoms with Crippen molar-refractivity contribution >= 4 is 5.97 Å². The topological polar surface area (TPSA) is 71.2 Å². The Morgan fingerprint density at radius 1 is 1.40 bits per heavy atom. The number of rotatable bonds is 4. The molecule has 3 heterocycles. The van der Waals surface area contributed by atoms with E-state index in [0.717, 1.165) is 38.2 Å². The number of nitrogens with zero attached hydrogens (tertiary/aromatic N) is 4. The van der Waals surface area contributed by atoms with Crippen LogP contribution in [0.15, 0.2) is 30.7 Å². The molecule has 1 N–H and O–H groups in total. The van der Waals surface area contributed by atoms with Gasteiger partial charge in [-0.1, -0.05) is 20.8 Å². The molecule has 0 saturated carbocycles. The highest BCUT2D eigenvalue weighted by Gasteiger charge is 2.23. The highest BCUT2D eigenvalue weighted by molar-refractivity contribution is 5.86. The van der Waals surface area contributed by atoms with Crippen LogP contribution in [0.5, 0.6) is 0 Å². The van der Waals surface area contributed by atoms with Crippen molar-refractivity contribution in [1.29, 1.82) is 0 Å². The third-order valence-electron chi connectivity index (χ3n) is 4.77. The minimum absolute atomic E-state index is 0.115. The van der Waals surface area contributed by atoms with Crippen LogP contribution in [0.1, 0.15) is 61.3 Å². The fraction of sp³-hybridized carbons (Fsp3) is 0.526. The summed E-state index contributed by atoms with van der Waals surface area (Å²) in [6.07, 6.45) is 7.05. The van der Waals surface area contributed by atoms with Crippen molar-refractivity contribution in [2.75, 3.05) is 13.1 Å². The normalized spacial score (nSPS) is 19.1. The molecule has 6 nitrogen and oxygen atoms in total. The van der Waals surface area contributed by atoms with Crippen LogP contribution in [0.3, 0.4) is 0 Å². The number of aromatic carboxylic acids is 1. The summed E-state index contributed by atoms with van der Waals surface area (Å²) in [6.45, 7) is 9.34. The van der Waals surface area contributed by atoms with Gasteiger partial charge in [0.1, 0.15) is 0 Å². The molecule has 1 fully saturated rings. The summed E-state index contributed by atoms with van der Waals surface area (Å²) in [5.74, 6) is -0.929. The summed E-state index contributed by atoms with van der Waals surface area (Å²) >= 11 is 0. The molecule has 6 heteroatoms.